The van der Waals surface area contributed by atoms with Gasteiger partial charge < -0.3 is 0 Å². The third kappa shape index (κ3) is 3.05. The quantitative estimate of drug-likeness (QED) is 0.796. The topological polar surface area (TPSA) is 43.9 Å². The highest BCUT2D eigenvalue weighted by Gasteiger charge is 2.44. The predicted octanol–water partition coefficient (Wildman–Crippen LogP) is 3.37. The van der Waals surface area contributed by atoms with Crippen LogP contribution in [0.2, 0.25) is 0 Å². The zero-order valence-corrected chi connectivity index (χ0v) is 14.9. The van der Waals surface area contributed by atoms with Crippen LogP contribution in [-0.2, 0) is 4.79 Å². The Bertz CT molecular complexity index is 614. The van der Waals surface area contributed by atoms with Gasteiger partial charge in [-0.3, -0.25) is 14.6 Å². The van der Waals surface area contributed by atoms with Gasteiger partial charge in [-0.1, -0.05) is 31.0 Å². The van der Waals surface area contributed by atoms with E-state index in [-0.39, 0.29) is 11.9 Å². The maximum absolute atomic E-state index is 12.9. The molecule has 1 aromatic carbocycles. The van der Waals surface area contributed by atoms with Crippen molar-refractivity contribution < 1.29 is 9.59 Å². The number of hydrogen-bond acceptors (Lipinski definition) is 3. The molecule has 0 aliphatic carbocycles. The van der Waals surface area contributed by atoms with Gasteiger partial charge in [-0.25, -0.2) is 9.69 Å². The van der Waals surface area contributed by atoms with Gasteiger partial charge in [-0.05, 0) is 45.2 Å². The lowest BCUT2D eigenvalue weighted by atomic mass is 10.0. The van der Waals surface area contributed by atoms with E-state index in [2.05, 4.69) is 11.8 Å². The molecule has 0 unspecified atom stereocenters. The van der Waals surface area contributed by atoms with Crippen molar-refractivity contribution in [2.75, 3.05) is 18.1 Å². The Morgan fingerprint density at radius 3 is 2.50 bits per heavy atom. The number of benzene rings is 1. The Hall–Kier alpha value is -1.88. The first-order valence-corrected chi connectivity index (χ1v) is 8.98. The highest BCUT2D eigenvalue weighted by molar-refractivity contribution is 6.14. The number of piperidine rings is 1. The second-order valence-corrected chi connectivity index (χ2v) is 6.94. The lowest BCUT2D eigenvalue weighted by Crippen LogP contribution is -2.48. The molecule has 2 atom stereocenters. The minimum atomic E-state index is -0.440. The molecule has 2 heterocycles. The first-order valence-electron chi connectivity index (χ1n) is 8.98. The number of amides is 3. The summed E-state index contributed by atoms with van der Waals surface area (Å²) in [5.41, 5.74) is 1.93. The van der Waals surface area contributed by atoms with Crippen molar-refractivity contribution in [2.45, 2.75) is 58.5 Å². The highest BCUT2D eigenvalue weighted by atomic mass is 16.2. The molecule has 2 aliphatic heterocycles. The number of nitrogens with zero attached hydrogens (tertiary/aromatic N) is 3. The van der Waals surface area contributed by atoms with Crippen molar-refractivity contribution in [2.24, 2.45) is 0 Å². The van der Waals surface area contributed by atoms with Crippen LogP contribution in [0.1, 0.15) is 45.1 Å². The van der Waals surface area contributed by atoms with E-state index in [1.807, 2.05) is 38.1 Å². The fraction of sp³-hybridized carbons (Fsp3) is 0.579. The normalized spacial score (nSPS) is 25.6. The van der Waals surface area contributed by atoms with Crippen LogP contribution < -0.4 is 4.90 Å². The van der Waals surface area contributed by atoms with Gasteiger partial charge in [0.15, 0.2) is 0 Å². The molecule has 2 fully saturated rings. The van der Waals surface area contributed by atoms with Crippen molar-refractivity contribution in [3.63, 3.8) is 0 Å². The molecule has 130 valence electrons. The number of urea groups is 1. The Morgan fingerprint density at radius 1 is 1.12 bits per heavy atom. The monoisotopic (exact) mass is 329 g/mol. The Kier molecular flexibility index (Phi) is 4.90. The van der Waals surface area contributed by atoms with E-state index >= 15 is 0 Å². The molecule has 2 saturated heterocycles. The van der Waals surface area contributed by atoms with Crippen molar-refractivity contribution in [3.8, 4) is 0 Å². The van der Waals surface area contributed by atoms with Gasteiger partial charge in [0.2, 0.25) is 0 Å². The highest BCUT2D eigenvalue weighted by Crippen LogP contribution is 2.28. The van der Waals surface area contributed by atoms with Gasteiger partial charge in [0, 0.05) is 18.3 Å². The second kappa shape index (κ2) is 6.93. The number of hydrogen-bond donors (Lipinski definition) is 0. The van der Waals surface area contributed by atoms with Gasteiger partial charge in [-0.2, -0.15) is 0 Å². The van der Waals surface area contributed by atoms with Crippen LogP contribution >= 0.6 is 0 Å². The van der Waals surface area contributed by atoms with Crippen molar-refractivity contribution in [1.82, 2.24) is 9.80 Å². The molecule has 3 rings (SSSR count). The standard InChI is InChI=1S/C19H27N3O2/c1-4-16-7-5-6-12-20(16)13-21-18(23)15(3)22(19(21)24)17-10-8-14(2)9-11-17/h8-11,15-16H,4-7,12-13H2,1-3H3/t15-,16+/m0/s1. The average Bonchev–Trinajstić information content (AvgIpc) is 2.80. The van der Waals surface area contributed by atoms with Gasteiger partial charge in [-0.15, -0.1) is 0 Å². The molecule has 3 amide bonds. The first kappa shape index (κ1) is 17.0. The lowest BCUT2D eigenvalue weighted by molar-refractivity contribution is -0.129. The van der Waals surface area contributed by atoms with E-state index < -0.39 is 6.04 Å². The van der Waals surface area contributed by atoms with Crippen LogP contribution in [0.3, 0.4) is 0 Å². The molecule has 5 heteroatoms. The van der Waals surface area contributed by atoms with Gasteiger partial charge in [0.05, 0.1) is 6.67 Å². The lowest BCUT2D eigenvalue weighted by Gasteiger charge is -2.36. The number of imide groups is 1. The summed E-state index contributed by atoms with van der Waals surface area (Å²) in [6.45, 7) is 7.39. The number of aryl methyl sites for hydroxylation is 1. The summed E-state index contributed by atoms with van der Waals surface area (Å²) in [7, 11) is 0. The molecular weight excluding hydrogens is 302 g/mol. The maximum atomic E-state index is 12.9. The predicted molar refractivity (Wildman–Crippen MR) is 94.9 cm³/mol. The summed E-state index contributed by atoms with van der Waals surface area (Å²) >= 11 is 0. The largest absolute Gasteiger partial charge is 0.333 e. The number of carbonyl (C=O) groups is 2. The molecular formula is C19H27N3O2. The Labute approximate surface area is 144 Å². The van der Waals surface area contributed by atoms with E-state index in [4.69, 9.17) is 0 Å². The molecule has 0 spiro atoms. The Morgan fingerprint density at radius 2 is 1.83 bits per heavy atom. The van der Waals surface area contributed by atoms with Crippen molar-refractivity contribution in [1.29, 1.82) is 0 Å². The third-order valence-electron chi connectivity index (χ3n) is 5.30. The number of carbonyl (C=O) groups excluding carboxylic acids is 2. The molecule has 5 nitrogen and oxygen atoms in total. The van der Waals surface area contributed by atoms with Crippen LogP contribution in [-0.4, -0.2) is 47.0 Å². The average molecular weight is 329 g/mol. The van der Waals surface area contributed by atoms with E-state index in [1.54, 1.807) is 4.90 Å². The summed E-state index contributed by atoms with van der Waals surface area (Å²) in [4.78, 5) is 30.9. The first-order chi connectivity index (χ1) is 11.5. The summed E-state index contributed by atoms with van der Waals surface area (Å²) < 4.78 is 0. The molecule has 1 aromatic rings. The molecule has 0 radical (unpaired) electrons. The SMILES string of the molecule is CC[C@@H]1CCCCN1CN1C(=O)[C@H](C)N(c2ccc(C)cc2)C1=O. The molecule has 0 bridgehead atoms. The van der Waals surface area contributed by atoms with E-state index in [9.17, 15) is 9.59 Å². The minimum absolute atomic E-state index is 0.0963. The molecule has 24 heavy (non-hydrogen) atoms. The van der Waals surface area contributed by atoms with Crippen LogP contribution in [0.4, 0.5) is 10.5 Å². The van der Waals surface area contributed by atoms with Crippen LogP contribution in [0, 0.1) is 6.92 Å². The summed E-state index contributed by atoms with van der Waals surface area (Å²) in [6, 6.07) is 7.61. The second-order valence-electron chi connectivity index (χ2n) is 6.94. The zero-order valence-electron chi connectivity index (χ0n) is 14.9. The van der Waals surface area contributed by atoms with Crippen LogP contribution in [0.15, 0.2) is 24.3 Å². The van der Waals surface area contributed by atoms with E-state index in [0.29, 0.717) is 12.7 Å². The fourth-order valence-electron chi connectivity index (χ4n) is 3.79. The smallest absolute Gasteiger partial charge is 0.283 e. The van der Waals surface area contributed by atoms with E-state index in [1.165, 1.54) is 11.3 Å². The molecule has 2 aliphatic rings. The van der Waals surface area contributed by atoms with Crippen molar-refractivity contribution >= 4 is 17.6 Å². The third-order valence-corrected chi connectivity index (χ3v) is 5.30. The summed E-state index contributed by atoms with van der Waals surface area (Å²) in [6.07, 6.45) is 4.60. The van der Waals surface area contributed by atoms with Gasteiger partial charge >= 0.3 is 6.03 Å². The number of rotatable bonds is 4. The van der Waals surface area contributed by atoms with Gasteiger partial charge in [0.1, 0.15) is 6.04 Å². The molecule has 0 aromatic heterocycles. The zero-order chi connectivity index (χ0) is 17.3. The number of likely N-dealkylation sites (tertiary alicyclic amines) is 1. The Balaban J connectivity index is 1.78. The fourth-order valence-corrected chi connectivity index (χ4v) is 3.79. The van der Waals surface area contributed by atoms with Gasteiger partial charge in [0.25, 0.3) is 5.91 Å². The molecule has 0 saturated carbocycles. The molecule has 0 N–H and O–H groups in total. The van der Waals surface area contributed by atoms with Crippen LogP contribution in [0.5, 0.6) is 0 Å². The van der Waals surface area contributed by atoms with Crippen molar-refractivity contribution in [3.05, 3.63) is 29.8 Å². The summed E-state index contributed by atoms with van der Waals surface area (Å²) in [5, 5.41) is 0. The van der Waals surface area contributed by atoms with E-state index in [0.717, 1.165) is 37.1 Å². The minimum Gasteiger partial charge on any atom is -0.283 e. The number of anilines is 1. The summed E-state index contributed by atoms with van der Waals surface area (Å²) in [5.74, 6) is -0.0963. The van der Waals surface area contributed by atoms with Crippen LogP contribution in [0.25, 0.3) is 0 Å². The maximum Gasteiger partial charge on any atom is 0.333 e.